The predicted molar refractivity (Wildman–Crippen MR) is 73.5 cm³/mol. The molecule has 1 aromatic rings. The highest BCUT2D eigenvalue weighted by molar-refractivity contribution is 9.10. The third-order valence-corrected chi connectivity index (χ3v) is 3.52. The van der Waals surface area contributed by atoms with E-state index in [1.54, 1.807) is 19.1 Å². The highest BCUT2D eigenvalue weighted by Crippen LogP contribution is 2.38. The molecule has 0 aromatic heterocycles. The van der Waals surface area contributed by atoms with E-state index in [0.29, 0.717) is 34.7 Å². The Morgan fingerprint density at radius 1 is 1.47 bits per heavy atom. The number of carbonyl (C=O) groups is 1. The maximum Gasteiger partial charge on any atom is 0.175 e. The number of nitriles is 1. The molecular weight excluding hydrogens is 310 g/mol. The standard InChI is InChI=1S/C14H14BrNO3/c1-9(3-4-16)13(17)10-7-11(15)14-12(8-10)18-5-2-6-19-14/h7-9H,2-3,5-6H2,1H3. The first kappa shape index (κ1) is 13.9. The second-order valence-corrected chi connectivity index (χ2v) is 5.32. The lowest BCUT2D eigenvalue weighted by Gasteiger charge is -2.12. The third kappa shape index (κ3) is 3.07. The van der Waals surface area contributed by atoms with Crippen molar-refractivity contribution >= 4 is 21.7 Å². The molecule has 0 radical (unpaired) electrons. The summed E-state index contributed by atoms with van der Waals surface area (Å²) in [5.74, 6) is 0.848. The molecule has 2 rings (SSSR count). The Labute approximate surface area is 120 Å². The van der Waals surface area contributed by atoms with Gasteiger partial charge in [0.25, 0.3) is 0 Å². The van der Waals surface area contributed by atoms with Gasteiger partial charge in [0.15, 0.2) is 17.3 Å². The molecule has 100 valence electrons. The molecule has 0 saturated heterocycles. The summed E-state index contributed by atoms with van der Waals surface area (Å²) in [6.45, 7) is 2.93. The van der Waals surface area contributed by atoms with E-state index in [-0.39, 0.29) is 18.1 Å². The molecular formula is C14H14BrNO3. The summed E-state index contributed by atoms with van der Waals surface area (Å²) in [6, 6.07) is 5.44. The van der Waals surface area contributed by atoms with Gasteiger partial charge in [-0.3, -0.25) is 4.79 Å². The second kappa shape index (κ2) is 6.07. The fourth-order valence-corrected chi connectivity index (χ4v) is 2.44. The van der Waals surface area contributed by atoms with Gasteiger partial charge in [-0.25, -0.2) is 0 Å². The molecule has 1 aliphatic heterocycles. The summed E-state index contributed by atoms with van der Waals surface area (Å²) in [5, 5.41) is 8.66. The maximum atomic E-state index is 12.2. The number of halogens is 1. The molecule has 4 nitrogen and oxygen atoms in total. The first-order valence-electron chi connectivity index (χ1n) is 6.13. The van der Waals surface area contributed by atoms with Crippen molar-refractivity contribution in [2.75, 3.05) is 13.2 Å². The van der Waals surface area contributed by atoms with Crippen LogP contribution < -0.4 is 9.47 Å². The summed E-state index contributed by atoms with van der Waals surface area (Å²) in [5.41, 5.74) is 0.541. The molecule has 5 heteroatoms. The molecule has 1 aliphatic rings. The van der Waals surface area contributed by atoms with E-state index in [9.17, 15) is 4.79 Å². The quantitative estimate of drug-likeness (QED) is 0.800. The number of fused-ring (bicyclic) bond motifs is 1. The van der Waals surface area contributed by atoms with E-state index in [0.717, 1.165) is 6.42 Å². The summed E-state index contributed by atoms with van der Waals surface area (Å²) < 4.78 is 11.9. The second-order valence-electron chi connectivity index (χ2n) is 4.46. The van der Waals surface area contributed by atoms with Gasteiger partial charge >= 0.3 is 0 Å². The van der Waals surface area contributed by atoms with Gasteiger partial charge in [0, 0.05) is 24.3 Å². The molecule has 1 unspecified atom stereocenters. The fourth-order valence-electron chi connectivity index (χ4n) is 1.89. The van der Waals surface area contributed by atoms with Crippen molar-refractivity contribution in [1.82, 2.24) is 0 Å². The molecule has 0 spiro atoms. The Bertz CT molecular complexity index is 536. The summed E-state index contributed by atoms with van der Waals surface area (Å²) in [6.07, 6.45) is 1.03. The zero-order valence-electron chi connectivity index (χ0n) is 10.6. The molecule has 0 saturated carbocycles. The molecule has 1 atom stereocenters. The average molecular weight is 324 g/mol. The predicted octanol–water partition coefficient (Wildman–Crippen LogP) is 3.34. The van der Waals surface area contributed by atoms with Crippen LogP contribution in [0.3, 0.4) is 0 Å². The zero-order chi connectivity index (χ0) is 13.8. The van der Waals surface area contributed by atoms with E-state index >= 15 is 0 Å². The molecule has 1 aromatic carbocycles. The number of rotatable bonds is 3. The summed E-state index contributed by atoms with van der Waals surface area (Å²) >= 11 is 3.40. The van der Waals surface area contributed by atoms with Crippen molar-refractivity contribution in [3.8, 4) is 17.6 Å². The van der Waals surface area contributed by atoms with E-state index in [2.05, 4.69) is 15.9 Å². The Morgan fingerprint density at radius 2 is 2.21 bits per heavy atom. The topological polar surface area (TPSA) is 59.3 Å². The van der Waals surface area contributed by atoms with E-state index < -0.39 is 0 Å². The van der Waals surface area contributed by atoms with Gasteiger partial charge in [0.1, 0.15) is 0 Å². The van der Waals surface area contributed by atoms with Crippen LogP contribution in [0.4, 0.5) is 0 Å². The smallest absolute Gasteiger partial charge is 0.175 e. The lowest BCUT2D eigenvalue weighted by atomic mass is 9.97. The molecule has 19 heavy (non-hydrogen) atoms. The SMILES string of the molecule is CC(CC#N)C(=O)c1cc(Br)c2c(c1)OCCCO2. The minimum atomic E-state index is -0.318. The Morgan fingerprint density at radius 3 is 2.95 bits per heavy atom. The van der Waals surface area contributed by atoms with E-state index in [4.69, 9.17) is 14.7 Å². The van der Waals surface area contributed by atoms with Crippen LogP contribution in [0.15, 0.2) is 16.6 Å². The molecule has 0 bridgehead atoms. The van der Waals surface area contributed by atoms with Gasteiger partial charge in [0.2, 0.25) is 0 Å². The molecule has 1 heterocycles. The Kier molecular flexibility index (Phi) is 4.43. The van der Waals surface area contributed by atoms with Crippen LogP contribution in [0.1, 0.15) is 30.1 Å². The first-order chi connectivity index (χ1) is 9.13. The average Bonchev–Trinajstić information content (AvgIpc) is 2.63. The van der Waals surface area contributed by atoms with Gasteiger partial charge in [-0.15, -0.1) is 0 Å². The van der Waals surface area contributed by atoms with Gasteiger partial charge in [-0.05, 0) is 28.1 Å². The number of hydrogen-bond acceptors (Lipinski definition) is 4. The third-order valence-electron chi connectivity index (χ3n) is 2.93. The number of nitrogens with zero attached hydrogens (tertiary/aromatic N) is 1. The zero-order valence-corrected chi connectivity index (χ0v) is 12.2. The van der Waals surface area contributed by atoms with Crippen molar-refractivity contribution < 1.29 is 14.3 Å². The van der Waals surface area contributed by atoms with Crippen LogP contribution in [0, 0.1) is 17.2 Å². The van der Waals surface area contributed by atoms with Gasteiger partial charge in [-0.2, -0.15) is 5.26 Å². The van der Waals surface area contributed by atoms with Gasteiger partial charge in [-0.1, -0.05) is 6.92 Å². The Balaban J connectivity index is 2.33. The molecule has 0 fully saturated rings. The first-order valence-corrected chi connectivity index (χ1v) is 6.93. The van der Waals surface area contributed by atoms with E-state index in [1.807, 2.05) is 6.07 Å². The summed E-state index contributed by atoms with van der Waals surface area (Å²) in [4.78, 5) is 12.2. The van der Waals surface area contributed by atoms with Gasteiger partial charge < -0.3 is 9.47 Å². The van der Waals surface area contributed by atoms with E-state index in [1.165, 1.54) is 0 Å². The van der Waals surface area contributed by atoms with Gasteiger partial charge in [0.05, 0.1) is 23.8 Å². The van der Waals surface area contributed by atoms with Crippen LogP contribution in [0.5, 0.6) is 11.5 Å². The number of hydrogen-bond donors (Lipinski definition) is 0. The molecule has 0 amide bonds. The lowest BCUT2D eigenvalue weighted by molar-refractivity contribution is 0.0931. The number of benzene rings is 1. The molecule has 0 N–H and O–H groups in total. The van der Waals surface area contributed by atoms with Crippen molar-refractivity contribution in [1.29, 1.82) is 5.26 Å². The highest BCUT2D eigenvalue weighted by atomic mass is 79.9. The van der Waals surface area contributed by atoms with Crippen molar-refractivity contribution in [2.45, 2.75) is 19.8 Å². The highest BCUT2D eigenvalue weighted by Gasteiger charge is 2.21. The van der Waals surface area contributed by atoms with Crippen LogP contribution in [-0.4, -0.2) is 19.0 Å². The minimum absolute atomic E-state index is 0.0575. The monoisotopic (exact) mass is 323 g/mol. The lowest BCUT2D eigenvalue weighted by Crippen LogP contribution is -2.11. The maximum absolute atomic E-state index is 12.2. The summed E-state index contributed by atoms with van der Waals surface area (Å²) in [7, 11) is 0. The Hall–Kier alpha value is -1.54. The number of ether oxygens (including phenoxy) is 2. The van der Waals surface area contributed by atoms with Crippen molar-refractivity contribution in [2.24, 2.45) is 5.92 Å². The number of Topliss-reactive ketones (excluding diaryl/α,β-unsaturated/α-hetero) is 1. The molecule has 0 aliphatic carbocycles. The number of ketones is 1. The van der Waals surface area contributed by atoms with Crippen LogP contribution >= 0.6 is 15.9 Å². The van der Waals surface area contributed by atoms with Crippen LogP contribution in [-0.2, 0) is 0 Å². The fraction of sp³-hybridized carbons (Fsp3) is 0.429. The number of carbonyl (C=O) groups excluding carboxylic acids is 1. The minimum Gasteiger partial charge on any atom is -0.489 e. The normalized spacial score (nSPS) is 15.2. The van der Waals surface area contributed by atoms with Crippen molar-refractivity contribution in [3.05, 3.63) is 22.2 Å². The van der Waals surface area contributed by atoms with Crippen molar-refractivity contribution in [3.63, 3.8) is 0 Å². The van der Waals surface area contributed by atoms with Crippen LogP contribution in [0.25, 0.3) is 0 Å². The largest absolute Gasteiger partial charge is 0.489 e. The van der Waals surface area contributed by atoms with Crippen LogP contribution in [0.2, 0.25) is 0 Å².